The number of anilines is 1. The molecule has 2 aromatic carbocycles. The Hall–Kier alpha value is -3.13. The van der Waals surface area contributed by atoms with Crippen LogP contribution in [0.25, 0.3) is 0 Å². The maximum absolute atomic E-state index is 12.5. The molecule has 0 spiro atoms. The number of benzene rings is 2. The average Bonchev–Trinajstić information content (AvgIpc) is 3.10. The van der Waals surface area contributed by atoms with E-state index in [1.807, 2.05) is 37.3 Å². The molecule has 0 unspecified atom stereocenters. The number of nitrogens with one attached hydrogen (secondary N) is 3. The summed E-state index contributed by atoms with van der Waals surface area (Å²) in [6.45, 7) is 2.30. The topological polar surface area (TPSA) is 104 Å². The van der Waals surface area contributed by atoms with E-state index in [0.29, 0.717) is 13.0 Å². The molecule has 0 bridgehead atoms. The Morgan fingerprint density at radius 1 is 1.07 bits per heavy atom. The summed E-state index contributed by atoms with van der Waals surface area (Å²) in [6.07, 6.45) is 1.95. The smallest absolute Gasteiger partial charge is 0.271 e. The molecule has 1 aromatic heterocycles. The Kier molecular flexibility index (Phi) is 5.56. The van der Waals surface area contributed by atoms with Gasteiger partial charge in [0.1, 0.15) is 5.69 Å². The molecule has 0 fully saturated rings. The van der Waals surface area contributed by atoms with Crippen LogP contribution in [0.2, 0.25) is 0 Å². The van der Waals surface area contributed by atoms with Crippen LogP contribution in [0, 0.1) is 6.92 Å². The van der Waals surface area contributed by atoms with Gasteiger partial charge in [0.2, 0.25) is 0 Å². The minimum Gasteiger partial charge on any atom is -0.350 e. The number of amides is 1. The summed E-state index contributed by atoms with van der Waals surface area (Å²) in [5, 5.41) is 9.10. The number of carbonyl (C=O) groups is 1. The summed E-state index contributed by atoms with van der Waals surface area (Å²) >= 11 is 0. The predicted octanol–water partition coefficient (Wildman–Crippen LogP) is 2.49. The first-order chi connectivity index (χ1) is 13.0. The number of rotatable bonds is 7. The lowest BCUT2D eigenvalue weighted by atomic mass is 10.1. The van der Waals surface area contributed by atoms with Crippen molar-refractivity contribution in [2.75, 3.05) is 11.3 Å². The first kappa shape index (κ1) is 18.7. The van der Waals surface area contributed by atoms with Gasteiger partial charge in [0, 0.05) is 6.54 Å². The number of hydrogen-bond acceptors (Lipinski definition) is 4. The molecular weight excluding hydrogens is 364 g/mol. The lowest BCUT2D eigenvalue weighted by Gasteiger charge is -2.09. The van der Waals surface area contributed by atoms with Gasteiger partial charge in [0.25, 0.3) is 15.9 Å². The summed E-state index contributed by atoms with van der Waals surface area (Å²) in [5.41, 5.74) is 2.23. The normalized spacial score (nSPS) is 11.1. The molecule has 0 aliphatic rings. The number of sulfonamides is 1. The monoisotopic (exact) mass is 384 g/mol. The molecule has 0 saturated heterocycles. The lowest BCUT2D eigenvalue weighted by molar-refractivity contribution is 0.0950. The molecular formula is C19H20N4O3S. The Morgan fingerprint density at radius 3 is 2.48 bits per heavy atom. The van der Waals surface area contributed by atoms with E-state index in [0.717, 1.165) is 11.1 Å². The fourth-order valence-corrected chi connectivity index (χ4v) is 3.57. The van der Waals surface area contributed by atoms with Crippen LogP contribution >= 0.6 is 0 Å². The minimum atomic E-state index is -3.81. The van der Waals surface area contributed by atoms with Crippen LogP contribution in [0.3, 0.4) is 0 Å². The van der Waals surface area contributed by atoms with Crippen LogP contribution in [0.4, 0.5) is 5.69 Å². The van der Waals surface area contributed by atoms with Crippen molar-refractivity contribution >= 4 is 21.6 Å². The third kappa shape index (κ3) is 4.73. The van der Waals surface area contributed by atoms with Gasteiger partial charge in [-0.25, -0.2) is 8.42 Å². The molecule has 3 rings (SSSR count). The van der Waals surface area contributed by atoms with Gasteiger partial charge < -0.3 is 5.32 Å². The molecule has 0 atom stereocenters. The zero-order chi connectivity index (χ0) is 19.3. The number of nitrogens with zero attached hydrogens (tertiary/aromatic N) is 1. The molecule has 0 aliphatic carbocycles. The number of H-pyrrole nitrogens is 1. The molecule has 0 aliphatic heterocycles. The van der Waals surface area contributed by atoms with Crippen molar-refractivity contribution in [3.05, 3.63) is 77.6 Å². The predicted molar refractivity (Wildman–Crippen MR) is 103 cm³/mol. The standard InChI is InChI=1S/C19H20N4O3S/c1-14-7-9-16(10-8-14)27(25,26)23-17-13-21-22-18(17)19(24)20-12-11-15-5-3-2-4-6-15/h2-10,13,23H,11-12H2,1H3,(H,20,24)(H,21,22). The summed E-state index contributed by atoms with van der Waals surface area (Å²) < 4.78 is 27.4. The highest BCUT2D eigenvalue weighted by Crippen LogP contribution is 2.18. The molecule has 27 heavy (non-hydrogen) atoms. The van der Waals surface area contributed by atoms with E-state index < -0.39 is 15.9 Å². The molecule has 0 radical (unpaired) electrons. The van der Waals surface area contributed by atoms with E-state index >= 15 is 0 Å². The maximum atomic E-state index is 12.5. The Bertz CT molecular complexity index is 1010. The van der Waals surface area contributed by atoms with Crippen LogP contribution in [-0.4, -0.2) is 31.1 Å². The highest BCUT2D eigenvalue weighted by Gasteiger charge is 2.20. The quantitative estimate of drug-likeness (QED) is 0.582. The van der Waals surface area contributed by atoms with Crippen molar-refractivity contribution < 1.29 is 13.2 Å². The van der Waals surface area contributed by atoms with Gasteiger partial charge in [-0.1, -0.05) is 48.0 Å². The zero-order valence-corrected chi connectivity index (χ0v) is 15.6. The lowest BCUT2D eigenvalue weighted by Crippen LogP contribution is -2.27. The fraction of sp³-hybridized carbons (Fsp3) is 0.158. The SMILES string of the molecule is Cc1ccc(S(=O)(=O)Nc2cn[nH]c2C(=O)NCCc2ccccc2)cc1. The average molecular weight is 384 g/mol. The van der Waals surface area contributed by atoms with Crippen LogP contribution in [-0.2, 0) is 16.4 Å². The number of aryl methyl sites for hydroxylation is 1. The molecule has 3 N–H and O–H groups in total. The zero-order valence-electron chi connectivity index (χ0n) is 14.8. The Morgan fingerprint density at radius 2 is 1.78 bits per heavy atom. The van der Waals surface area contributed by atoms with Gasteiger partial charge in [-0.2, -0.15) is 5.10 Å². The number of carbonyl (C=O) groups excluding carboxylic acids is 1. The number of hydrogen-bond donors (Lipinski definition) is 3. The fourth-order valence-electron chi connectivity index (χ4n) is 2.51. The van der Waals surface area contributed by atoms with Gasteiger partial charge in [0.05, 0.1) is 16.8 Å². The first-order valence-electron chi connectivity index (χ1n) is 8.41. The van der Waals surface area contributed by atoms with E-state index in [2.05, 4.69) is 20.2 Å². The minimum absolute atomic E-state index is 0.0683. The number of aromatic nitrogens is 2. The van der Waals surface area contributed by atoms with Gasteiger partial charge in [-0.05, 0) is 31.0 Å². The third-order valence-corrected chi connectivity index (χ3v) is 5.37. The highest BCUT2D eigenvalue weighted by molar-refractivity contribution is 7.92. The second kappa shape index (κ2) is 8.05. The molecule has 0 saturated carbocycles. The second-order valence-corrected chi connectivity index (χ2v) is 7.75. The number of aromatic amines is 1. The van der Waals surface area contributed by atoms with Crippen molar-refractivity contribution in [3.8, 4) is 0 Å². The van der Waals surface area contributed by atoms with Gasteiger partial charge in [-0.3, -0.25) is 14.6 Å². The second-order valence-electron chi connectivity index (χ2n) is 6.07. The summed E-state index contributed by atoms with van der Waals surface area (Å²) in [5.74, 6) is -0.426. The highest BCUT2D eigenvalue weighted by atomic mass is 32.2. The van der Waals surface area contributed by atoms with Gasteiger partial charge >= 0.3 is 0 Å². The summed E-state index contributed by atoms with van der Waals surface area (Å²) in [4.78, 5) is 12.5. The van der Waals surface area contributed by atoms with E-state index in [1.165, 1.54) is 18.3 Å². The summed E-state index contributed by atoms with van der Waals surface area (Å²) in [6, 6.07) is 16.2. The largest absolute Gasteiger partial charge is 0.350 e. The van der Waals surface area contributed by atoms with Crippen LogP contribution in [0.1, 0.15) is 21.6 Å². The Labute approximate surface area is 157 Å². The van der Waals surface area contributed by atoms with E-state index in [1.54, 1.807) is 12.1 Å². The van der Waals surface area contributed by atoms with Crippen LogP contribution < -0.4 is 10.0 Å². The Balaban J connectivity index is 1.66. The van der Waals surface area contributed by atoms with Crippen molar-refractivity contribution in [1.29, 1.82) is 0 Å². The van der Waals surface area contributed by atoms with E-state index in [4.69, 9.17) is 0 Å². The summed E-state index contributed by atoms with van der Waals surface area (Å²) in [7, 11) is -3.81. The van der Waals surface area contributed by atoms with E-state index in [-0.39, 0.29) is 16.3 Å². The molecule has 7 nitrogen and oxygen atoms in total. The van der Waals surface area contributed by atoms with Crippen LogP contribution in [0.15, 0.2) is 65.7 Å². The maximum Gasteiger partial charge on any atom is 0.271 e. The van der Waals surface area contributed by atoms with Crippen molar-refractivity contribution in [2.45, 2.75) is 18.2 Å². The van der Waals surface area contributed by atoms with Gasteiger partial charge in [0.15, 0.2) is 0 Å². The molecule has 1 heterocycles. The molecule has 1 amide bonds. The van der Waals surface area contributed by atoms with Crippen molar-refractivity contribution in [3.63, 3.8) is 0 Å². The molecule has 3 aromatic rings. The third-order valence-electron chi connectivity index (χ3n) is 3.98. The van der Waals surface area contributed by atoms with Crippen molar-refractivity contribution in [1.82, 2.24) is 15.5 Å². The van der Waals surface area contributed by atoms with Gasteiger partial charge in [-0.15, -0.1) is 0 Å². The van der Waals surface area contributed by atoms with Crippen molar-refractivity contribution in [2.24, 2.45) is 0 Å². The molecule has 140 valence electrons. The van der Waals surface area contributed by atoms with E-state index in [9.17, 15) is 13.2 Å². The first-order valence-corrected chi connectivity index (χ1v) is 9.89. The van der Waals surface area contributed by atoms with Crippen LogP contribution in [0.5, 0.6) is 0 Å². The molecule has 8 heteroatoms.